The van der Waals surface area contributed by atoms with Gasteiger partial charge in [-0.25, -0.2) is 4.79 Å². The first-order chi connectivity index (χ1) is 5.70. The van der Waals surface area contributed by atoms with Crippen molar-refractivity contribution in [3.8, 4) is 0 Å². The molecule has 1 N–H and O–H groups in total. The zero-order valence-corrected chi connectivity index (χ0v) is 9.36. The van der Waals surface area contributed by atoms with Crippen LogP contribution >= 0.6 is 0 Å². The minimum atomic E-state index is -1.38. The summed E-state index contributed by atoms with van der Waals surface area (Å²) >= 11 is 0. The molecular formula is C9H9NaO3. The molecule has 0 saturated heterocycles. The van der Waals surface area contributed by atoms with E-state index in [1.165, 1.54) is 0 Å². The van der Waals surface area contributed by atoms with Gasteiger partial charge in [-0.2, -0.15) is 0 Å². The fraction of sp³-hybridized carbons (Fsp3) is 0.111. The molecule has 0 aromatic heterocycles. The Morgan fingerprint density at radius 2 is 1.77 bits per heavy atom. The van der Waals surface area contributed by atoms with Gasteiger partial charge in [0.1, 0.15) is 0 Å². The molecule has 0 amide bonds. The molecule has 0 heterocycles. The van der Waals surface area contributed by atoms with Crippen LogP contribution in [-0.2, 0) is 16.0 Å². The first kappa shape index (κ1) is 12.4. The number of Topliss-reactive ketones (excluding diaryl/α,β-unsaturated/α-hetero) is 1. The minimum Gasteiger partial charge on any atom is -1.00 e. The van der Waals surface area contributed by atoms with Crippen molar-refractivity contribution in [2.24, 2.45) is 0 Å². The molecule has 0 unspecified atom stereocenters. The standard InChI is InChI=1S/C9H8O3.Na.H/c10-8(9(11)12)6-7-4-2-1-3-5-7;;/h1-5H,6H2,(H,11,12);;/q;+1;-1. The molecule has 0 spiro atoms. The van der Waals surface area contributed by atoms with Gasteiger partial charge < -0.3 is 6.53 Å². The molecule has 13 heavy (non-hydrogen) atoms. The summed E-state index contributed by atoms with van der Waals surface area (Å²) in [6.07, 6.45) is -0.0316. The third kappa shape index (κ3) is 4.22. The average molecular weight is 188 g/mol. The van der Waals surface area contributed by atoms with Gasteiger partial charge in [-0.05, 0) is 5.56 Å². The Morgan fingerprint density at radius 1 is 1.23 bits per heavy atom. The quantitative estimate of drug-likeness (QED) is 0.441. The third-order valence-electron chi connectivity index (χ3n) is 1.45. The van der Waals surface area contributed by atoms with Crippen LogP contribution < -0.4 is 29.6 Å². The van der Waals surface area contributed by atoms with Crippen molar-refractivity contribution >= 4 is 11.8 Å². The number of ketones is 1. The van der Waals surface area contributed by atoms with Gasteiger partial charge in [0.05, 0.1) is 0 Å². The Hall–Kier alpha value is -0.640. The molecule has 4 heteroatoms. The van der Waals surface area contributed by atoms with E-state index < -0.39 is 11.8 Å². The van der Waals surface area contributed by atoms with Crippen LogP contribution in [0.25, 0.3) is 0 Å². The van der Waals surface area contributed by atoms with Crippen molar-refractivity contribution in [1.82, 2.24) is 0 Å². The van der Waals surface area contributed by atoms with Gasteiger partial charge in [0.15, 0.2) is 0 Å². The summed E-state index contributed by atoms with van der Waals surface area (Å²) in [4.78, 5) is 20.9. The molecule has 1 aromatic rings. The molecule has 0 atom stereocenters. The minimum absolute atomic E-state index is 0. The molecule has 1 rings (SSSR count). The van der Waals surface area contributed by atoms with E-state index in [0.29, 0.717) is 0 Å². The van der Waals surface area contributed by atoms with E-state index in [1.54, 1.807) is 24.3 Å². The second kappa shape index (κ2) is 5.91. The number of carboxylic acid groups (broad SMARTS) is 1. The van der Waals surface area contributed by atoms with Crippen LogP contribution in [0.4, 0.5) is 0 Å². The van der Waals surface area contributed by atoms with E-state index in [4.69, 9.17) is 5.11 Å². The topological polar surface area (TPSA) is 54.4 Å². The van der Waals surface area contributed by atoms with Crippen molar-refractivity contribution in [3.05, 3.63) is 35.9 Å². The Balaban J connectivity index is 0. The van der Waals surface area contributed by atoms with Crippen LogP contribution in [0.2, 0.25) is 0 Å². The number of hydrogen-bond donors (Lipinski definition) is 1. The fourth-order valence-electron chi connectivity index (χ4n) is 0.857. The van der Waals surface area contributed by atoms with Crippen molar-refractivity contribution < 1.29 is 45.7 Å². The predicted octanol–water partition coefficient (Wildman–Crippen LogP) is -2.00. The Kier molecular flexibility index (Phi) is 5.62. The van der Waals surface area contributed by atoms with E-state index in [9.17, 15) is 9.59 Å². The third-order valence-corrected chi connectivity index (χ3v) is 1.45. The second-order valence-corrected chi connectivity index (χ2v) is 2.39. The number of aliphatic carboxylic acids is 1. The van der Waals surface area contributed by atoms with E-state index in [0.717, 1.165) is 5.56 Å². The maximum absolute atomic E-state index is 10.7. The number of benzene rings is 1. The molecule has 0 fully saturated rings. The van der Waals surface area contributed by atoms with Gasteiger partial charge in [0.25, 0.3) is 0 Å². The molecule has 0 saturated carbocycles. The summed E-state index contributed by atoms with van der Waals surface area (Å²) < 4.78 is 0. The molecule has 0 bridgehead atoms. The summed E-state index contributed by atoms with van der Waals surface area (Å²) in [5.41, 5.74) is 0.727. The monoisotopic (exact) mass is 188 g/mol. The van der Waals surface area contributed by atoms with Crippen LogP contribution in [0.1, 0.15) is 6.99 Å². The summed E-state index contributed by atoms with van der Waals surface area (Å²) in [5, 5.41) is 8.29. The van der Waals surface area contributed by atoms with E-state index >= 15 is 0 Å². The first-order valence-electron chi connectivity index (χ1n) is 3.50. The zero-order chi connectivity index (χ0) is 8.97. The largest absolute Gasteiger partial charge is 1.00 e. The molecular weight excluding hydrogens is 179 g/mol. The van der Waals surface area contributed by atoms with Crippen LogP contribution in [0.15, 0.2) is 30.3 Å². The maximum Gasteiger partial charge on any atom is 1.00 e. The summed E-state index contributed by atoms with van der Waals surface area (Å²) in [6, 6.07) is 8.80. The molecule has 64 valence electrons. The number of carbonyl (C=O) groups is 2. The summed E-state index contributed by atoms with van der Waals surface area (Å²) in [5.74, 6) is -2.15. The Morgan fingerprint density at radius 3 is 2.23 bits per heavy atom. The van der Waals surface area contributed by atoms with E-state index in [1.807, 2.05) is 6.07 Å². The Labute approximate surface area is 99.5 Å². The molecule has 0 aliphatic rings. The molecule has 0 radical (unpaired) electrons. The van der Waals surface area contributed by atoms with Gasteiger partial charge >= 0.3 is 35.5 Å². The van der Waals surface area contributed by atoms with Crippen LogP contribution in [0.5, 0.6) is 0 Å². The normalized spacial score (nSPS) is 8.62. The van der Waals surface area contributed by atoms with Gasteiger partial charge in [0.2, 0.25) is 5.78 Å². The number of carboxylic acids is 1. The van der Waals surface area contributed by atoms with Crippen molar-refractivity contribution in [2.75, 3.05) is 0 Å². The van der Waals surface area contributed by atoms with Gasteiger partial charge in [-0.3, -0.25) is 4.79 Å². The summed E-state index contributed by atoms with van der Waals surface area (Å²) in [7, 11) is 0. The average Bonchev–Trinajstić information content (AvgIpc) is 2.06. The van der Waals surface area contributed by atoms with Crippen LogP contribution in [-0.4, -0.2) is 16.9 Å². The fourth-order valence-corrected chi connectivity index (χ4v) is 0.857. The van der Waals surface area contributed by atoms with Crippen molar-refractivity contribution in [1.29, 1.82) is 0 Å². The number of rotatable bonds is 3. The van der Waals surface area contributed by atoms with Gasteiger partial charge in [0, 0.05) is 6.42 Å². The predicted molar refractivity (Wildman–Crippen MR) is 43.9 cm³/mol. The molecule has 0 aliphatic carbocycles. The van der Waals surface area contributed by atoms with Gasteiger partial charge in [-0.15, -0.1) is 0 Å². The van der Waals surface area contributed by atoms with Crippen molar-refractivity contribution in [3.63, 3.8) is 0 Å². The maximum atomic E-state index is 10.7. The molecule has 3 nitrogen and oxygen atoms in total. The molecule has 1 aromatic carbocycles. The van der Waals surface area contributed by atoms with Gasteiger partial charge in [-0.1, -0.05) is 30.3 Å². The van der Waals surface area contributed by atoms with E-state index in [2.05, 4.69) is 0 Å². The van der Waals surface area contributed by atoms with Crippen LogP contribution in [0.3, 0.4) is 0 Å². The van der Waals surface area contributed by atoms with E-state index in [-0.39, 0.29) is 37.4 Å². The second-order valence-electron chi connectivity index (χ2n) is 2.39. The number of hydrogen-bond acceptors (Lipinski definition) is 2. The Bertz CT molecular complexity index is 300. The smallest absolute Gasteiger partial charge is 1.00 e. The summed E-state index contributed by atoms with van der Waals surface area (Å²) in [6.45, 7) is 0. The van der Waals surface area contributed by atoms with Crippen LogP contribution in [0, 0.1) is 0 Å². The SMILES string of the molecule is O=C(O)C(=O)Cc1ccccc1.[H-].[Na+]. The first-order valence-corrected chi connectivity index (χ1v) is 3.50. The molecule has 0 aliphatic heterocycles. The zero-order valence-electron chi connectivity index (χ0n) is 8.36. The number of carbonyl (C=O) groups excluding carboxylic acids is 1. The van der Waals surface area contributed by atoms with Crippen molar-refractivity contribution in [2.45, 2.75) is 6.42 Å².